The van der Waals surface area contributed by atoms with Crippen molar-refractivity contribution in [1.82, 2.24) is 0 Å². The Labute approximate surface area is 109 Å². The van der Waals surface area contributed by atoms with Crippen molar-refractivity contribution < 1.29 is 24.4 Å². The molecular formula is C13H26O5. The number of aliphatic hydroxyl groups excluding tert-OH is 2. The first-order chi connectivity index (χ1) is 8.70. The molecule has 1 saturated heterocycles. The summed E-state index contributed by atoms with van der Waals surface area (Å²) in [5.41, 5.74) is 0. The van der Waals surface area contributed by atoms with Crippen molar-refractivity contribution >= 4 is 0 Å². The largest absolute Gasteiger partial charge is 0.387 e. The van der Waals surface area contributed by atoms with Crippen molar-refractivity contribution in [2.45, 2.75) is 64.1 Å². The van der Waals surface area contributed by atoms with E-state index in [1.54, 1.807) is 0 Å². The van der Waals surface area contributed by atoms with Gasteiger partial charge in [-0.1, -0.05) is 26.7 Å². The maximum absolute atomic E-state index is 10.1. The molecule has 0 saturated carbocycles. The smallest absolute Gasteiger partial charge is 0.183 e. The number of hydrogen-bond donors (Lipinski definition) is 2. The van der Waals surface area contributed by atoms with Crippen LogP contribution in [0.1, 0.15) is 39.5 Å². The molecule has 2 unspecified atom stereocenters. The molecule has 0 amide bonds. The van der Waals surface area contributed by atoms with Crippen molar-refractivity contribution in [2.75, 3.05) is 19.8 Å². The first kappa shape index (κ1) is 15.9. The number of ether oxygens (including phenoxy) is 3. The lowest BCUT2D eigenvalue weighted by molar-refractivity contribution is -0.272. The molecule has 2 N–H and O–H groups in total. The molecule has 5 nitrogen and oxygen atoms in total. The average Bonchev–Trinajstić information content (AvgIpc) is 2.36. The van der Waals surface area contributed by atoms with Crippen LogP contribution in [-0.4, -0.2) is 54.6 Å². The molecule has 0 aromatic rings. The highest BCUT2D eigenvalue weighted by Gasteiger charge is 2.40. The minimum atomic E-state index is -1.07. The summed E-state index contributed by atoms with van der Waals surface area (Å²) < 4.78 is 16.2. The SMILES string of the molecule is CCCCOC1C(O)OC[C@@H](OCCCC)[C@H]1O. The predicted octanol–water partition coefficient (Wildman–Crippen LogP) is 1.07. The predicted molar refractivity (Wildman–Crippen MR) is 67.3 cm³/mol. The Kier molecular flexibility index (Phi) is 7.77. The van der Waals surface area contributed by atoms with E-state index < -0.39 is 24.6 Å². The van der Waals surface area contributed by atoms with E-state index in [2.05, 4.69) is 13.8 Å². The molecule has 1 heterocycles. The fraction of sp³-hybridized carbons (Fsp3) is 1.00. The summed E-state index contributed by atoms with van der Waals surface area (Å²) in [5.74, 6) is 0. The van der Waals surface area contributed by atoms with Gasteiger partial charge in [-0.2, -0.15) is 0 Å². The van der Waals surface area contributed by atoms with E-state index in [0.29, 0.717) is 13.2 Å². The third kappa shape index (κ3) is 4.82. The summed E-state index contributed by atoms with van der Waals surface area (Å²) in [6, 6.07) is 0. The fourth-order valence-electron chi connectivity index (χ4n) is 1.84. The van der Waals surface area contributed by atoms with Crippen LogP contribution in [0, 0.1) is 0 Å². The topological polar surface area (TPSA) is 68.2 Å². The van der Waals surface area contributed by atoms with Gasteiger partial charge in [0.05, 0.1) is 6.61 Å². The van der Waals surface area contributed by atoms with E-state index in [-0.39, 0.29) is 6.61 Å². The van der Waals surface area contributed by atoms with Crippen molar-refractivity contribution in [3.05, 3.63) is 0 Å². The number of hydrogen-bond acceptors (Lipinski definition) is 5. The second-order valence-electron chi connectivity index (χ2n) is 4.67. The summed E-state index contributed by atoms with van der Waals surface area (Å²) in [6.07, 6.45) is 0.887. The molecule has 18 heavy (non-hydrogen) atoms. The minimum Gasteiger partial charge on any atom is -0.387 e. The second-order valence-corrected chi connectivity index (χ2v) is 4.67. The van der Waals surface area contributed by atoms with Crippen LogP contribution in [0.2, 0.25) is 0 Å². The van der Waals surface area contributed by atoms with Gasteiger partial charge in [0, 0.05) is 13.2 Å². The fourth-order valence-corrected chi connectivity index (χ4v) is 1.84. The summed E-state index contributed by atoms with van der Waals surface area (Å²) in [4.78, 5) is 0. The lowest BCUT2D eigenvalue weighted by Crippen LogP contribution is -2.55. The maximum atomic E-state index is 10.1. The molecule has 4 atom stereocenters. The van der Waals surface area contributed by atoms with Crippen molar-refractivity contribution in [2.24, 2.45) is 0 Å². The zero-order valence-corrected chi connectivity index (χ0v) is 11.4. The van der Waals surface area contributed by atoms with Crippen LogP contribution >= 0.6 is 0 Å². The number of aliphatic hydroxyl groups is 2. The van der Waals surface area contributed by atoms with Gasteiger partial charge in [0.25, 0.3) is 0 Å². The van der Waals surface area contributed by atoms with Crippen molar-refractivity contribution in [3.8, 4) is 0 Å². The molecule has 1 fully saturated rings. The molecule has 108 valence electrons. The van der Waals surface area contributed by atoms with Gasteiger partial charge in [0.15, 0.2) is 6.29 Å². The summed E-state index contributed by atoms with van der Waals surface area (Å²) in [5, 5.41) is 19.8. The first-order valence-electron chi connectivity index (χ1n) is 6.91. The molecule has 0 radical (unpaired) electrons. The molecule has 0 aliphatic carbocycles. The van der Waals surface area contributed by atoms with Crippen molar-refractivity contribution in [3.63, 3.8) is 0 Å². The Balaban J connectivity index is 2.38. The molecule has 0 bridgehead atoms. The van der Waals surface area contributed by atoms with E-state index in [4.69, 9.17) is 14.2 Å². The standard InChI is InChI=1S/C13H26O5/c1-3-5-7-16-10-9-18-13(15)12(11(10)14)17-8-6-4-2/h10-15H,3-9H2,1-2H3/t10-,11-,12?,13?/m1/s1. The van der Waals surface area contributed by atoms with Gasteiger partial charge in [-0.15, -0.1) is 0 Å². The van der Waals surface area contributed by atoms with Gasteiger partial charge in [0.2, 0.25) is 0 Å². The minimum absolute atomic E-state index is 0.208. The highest BCUT2D eigenvalue weighted by Crippen LogP contribution is 2.20. The second kappa shape index (κ2) is 8.82. The van der Waals surface area contributed by atoms with Crippen LogP contribution in [0.15, 0.2) is 0 Å². The van der Waals surface area contributed by atoms with Crippen molar-refractivity contribution in [1.29, 1.82) is 0 Å². The van der Waals surface area contributed by atoms with Gasteiger partial charge in [-0.05, 0) is 12.8 Å². The third-order valence-corrected chi connectivity index (χ3v) is 3.07. The summed E-state index contributed by atoms with van der Waals surface area (Å²) in [7, 11) is 0. The Morgan fingerprint density at radius 2 is 1.67 bits per heavy atom. The van der Waals surface area contributed by atoms with Crippen LogP contribution in [0.4, 0.5) is 0 Å². The van der Waals surface area contributed by atoms with Gasteiger partial charge < -0.3 is 24.4 Å². The van der Waals surface area contributed by atoms with Gasteiger partial charge >= 0.3 is 0 Å². The number of rotatable bonds is 8. The average molecular weight is 262 g/mol. The lowest BCUT2D eigenvalue weighted by Gasteiger charge is -2.37. The molecule has 0 spiro atoms. The molecule has 0 aromatic heterocycles. The van der Waals surface area contributed by atoms with Gasteiger partial charge in [-0.25, -0.2) is 0 Å². The van der Waals surface area contributed by atoms with Gasteiger partial charge in [0.1, 0.15) is 18.3 Å². The summed E-state index contributed by atoms with van der Waals surface area (Å²) in [6.45, 7) is 5.46. The molecule has 1 aliphatic rings. The van der Waals surface area contributed by atoms with E-state index >= 15 is 0 Å². The van der Waals surface area contributed by atoms with Crippen LogP contribution in [-0.2, 0) is 14.2 Å². The maximum Gasteiger partial charge on any atom is 0.183 e. The zero-order valence-electron chi connectivity index (χ0n) is 11.4. The first-order valence-corrected chi connectivity index (χ1v) is 6.91. The molecular weight excluding hydrogens is 236 g/mol. The highest BCUT2D eigenvalue weighted by molar-refractivity contribution is 4.84. The van der Waals surface area contributed by atoms with Crippen LogP contribution in [0.5, 0.6) is 0 Å². The van der Waals surface area contributed by atoms with Gasteiger partial charge in [-0.3, -0.25) is 0 Å². The molecule has 5 heteroatoms. The van der Waals surface area contributed by atoms with E-state index in [9.17, 15) is 10.2 Å². The van der Waals surface area contributed by atoms with Crippen LogP contribution in [0.25, 0.3) is 0 Å². The normalized spacial score (nSPS) is 32.7. The Morgan fingerprint density at radius 1 is 1.06 bits per heavy atom. The zero-order chi connectivity index (χ0) is 13.4. The Morgan fingerprint density at radius 3 is 2.28 bits per heavy atom. The monoisotopic (exact) mass is 262 g/mol. The Hall–Kier alpha value is -0.200. The third-order valence-electron chi connectivity index (χ3n) is 3.07. The summed E-state index contributed by atoms with van der Waals surface area (Å²) >= 11 is 0. The van der Waals surface area contributed by atoms with Crippen LogP contribution < -0.4 is 0 Å². The Bertz CT molecular complexity index is 212. The van der Waals surface area contributed by atoms with E-state index in [1.807, 2.05) is 0 Å². The molecule has 1 rings (SSSR count). The number of unbranched alkanes of at least 4 members (excludes halogenated alkanes) is 2. The quantitative estimate of drug-likeness (QED) is 0.640. The molecule has 0 aromatic carbocycles. The molecule has 1 aliphatic heterocycles. The van der Waals surface area contributed by atoms with E-state index in [1.165, 1.54) is 0 Å². The van der Waals surface area contributed by atoms with Crippen LogP contribution in [0.3, 0.4) is 0 Å². The lowest BCUT2D eigenvalue weighted by atomic mass is 10.1. The highest BCUT2D eigenvalue weighted by atomic mass is 16.7. The van der Waals surface area contributed by atoms with E-state index in [0.717, 1.165) is 25.7 Å².